The molecule has 0 radical (unpaired) electrons. The Morgan fingerprint density at radius 3 is 2.36 bits per heavy atom. The van der Waals surface area contributed by atoms with E-state index in [-0.39, 0.29) is 49.4 Å². The number of para-hydroxylation sites is 1. The van der Waals surface area contributed by atoms with E-state index in [1.807, 2.05) is 18.2 Å². The molecular formula is C34H44N6O7. The molecule has 0 aliphatic carbocycles. The van der Waals surface area contributed by atoms with E-state index in [1.54, 1.807) is 56.0 Å². The van der Waals surface area contributed by atoms with Gasteiger partial charge in [-0.1, -0.05) is 56.3 Å². The molecule has 2 aromatic carbocycles. The number of hydrogen-bond acceptors (Lipinski definition) is 7. The summed E-state index contributed by atoms with van der Waals surface area (Å²) < 4.78 is 5.92. The predicted molar refractivity (Wildman–Crippen MR) is 173 cm³/mol. The number of carbonyl (C=O) groups is 6. The molecule has 47 heavy (non-hydrogen) atoms. The van der Waals surface area contributed by atoms with E-state index in [2.05, 4.69) is 21.3 Å². The van der Waals surface area contributed by atoms with Gasteiger partial charge in [0.05, 0.1) is 24.6 Å². The minimum atomic E-state index is -1.31. The zero-order valence-corrected chi connectivity index (χ0v) is 27.1. The Morgan fingerprint density at radius 2 is 1.66 bits per heavy atom. The molecule has 2 heterocycles. The van der Waals surface area contributed by atoms with Gasteiger partial charge in [0.1, 0.15) is 24.4 Å². The highest BCUT2D eigenvalue weighted by atomic mass is 16.5. The highest BCUT2D eigenvalue weighted by Gasteiger charge is 2.31. The van der Waals surface area contributed by atoms with Gasteiger partial charge in [0, 0.05) is 32.6 Å². The van der Waals surface area contributed by atoms with Crippen molar-refractivity contribution in [3.05, 3.63) is 65.7 Å². The van der Waals surface area contributed by atoms with Crippen LogP contribution in [0.5, 0.6) is 5.75 Å². The number of benzene rings is 2. The maximum absolute atomic E-state index is 13.9. The van der Waals surface area contributed by atoms with Crippen LogP contribution in [0.4, 0.5) is 0 Å². The molecule has 6 amide bonds. The number of carbonyl (C=O) groups excluding carboxylic acids is 6. The molecule has 2 aliphatic rings. The maximum atomic E-state index is 13.9. The highest BCUT2D eigenvalue weighted by molar-refractivity contribution is 6.01. The van der Waals surface area contributed by atoms with Crippen LogP contribution in [0.2, 0.25) is 0 Å². The lowest BCUT2D eigenvalue weighted by atomic mass is 10.0. The van der Waals surface area contributed by atoms with Crippen molar-refractivity contribution in [2.24, 2.45) is 5.92 Å². The first-order valence-electron chi connectivity index (χ1n) is 16.0. The summed E-state index contributed by atoms with van der Waals surface area (Å²) in [5.74, 6) is -2.80. The van der Waals surface area contributed by atoms with Gasteiger partial charge in [-0.2, -0.15) is 0 Å². The van der Waals surface area contributed by atoms with Gasteiger partial charge in [-0.05, 0) is 37.0 Å². The number of nitrogens with zero attached hydrogens (tertiary/aromatic N) is 2. The smallest absolute Gasteiger partial charge is 0.255 e. The molecule has 2 aliphatic heterocycles. The molecule has 0 spiro atoms. The average molecular weight is 649 g/mol. The molecule has 13 heteroatoms. The van der Waals surface area contributed by atoms with Gasteiger partial charge in [-0.25, -0.2) is 0 Å². The lowest BCUT2D eigenvalue weighted by molar-refractivity contribution is -0.139. The minimum Gasteiger partial charge on any atom is -0.491 e. The summed E-state index contributed by atoms with van der Waals surface area (Å²) in [6, 6.07) is 12.9. The average Bonchev–Trinajstić information content (AvgIpc) is 3.45. The van der Waals surface area contributed by atoms with Crippen LogP contribution in [0.25, 0.3) is 0 Å². The van der Waals surface area contributed by atoms with Gasteiger partial charge in [0.25, 0.3) is 5.91 Å². The SMILES string of the molecule is CC(C)[C@H]1NC(=O)CN(Cc2ccccc2)C(=O)C[C@@H](C(=O)NCCN2CCCC2=O)NC(=O)c2ccccc2OC[C@H](C)NC1=O. The number of likely N-dealkylation sites (tertiary alicyclic amines) is 1. The molecule has 1 fully saturated rings. The van der Waals surface area contributed by atoms with Gasteiger partial charge >= 0.3 is 0 Å². The van der Waals surface area contributed by atoms with Crippen LogP contribution in [0.1, 0.15) is 56.0 Å². The molecule has 0 saturated carbocycles. The predicted octanol–water partition coefficient (Wildman–Crippen LogP) is 0.980. The maximum Gasteiger partial charge on any atom is 0.255 e. The first-order chi connectivity index (χ1) is 22.5. The number of amides is 6. The van der Waals surface area contributed by atoms with Crippen LogP contribution < -0.4 is 26.0 Å². The lowest BCUT2D eigenvalue weighted by Crippen LogP contribution is -2.55. The molecule has 13 nitrogen and oxygen atoms in total. The first-order valence-corrected chi connectivity index (χ1v) is 16.0. The first kappa shape index (κ1) is 34.9. The van der Waals surface area contributed by atoms with E-state index < -0.39 is 54.1 Å². The normalized spacial score (nSPS) is 21.7. The summed E-state index contributed by atoms with van der Waals surface area (Å²) in [4.78, 5) is 82.5. The molecule has 0 aromatic heterocycles. The van der Waals surface area contributed by atoms with E-state index in [0.29, 0.717) is 19.5 Å². The lowest BCUT2D eigenvalue weighted by Gasteiger charge is -2.27. The zero-order valence-electron chi connectivity index (χ0n) is 27.1. The summed E-state index contributed by atoms with van der Waals surface area (Å²) in [5, 5.41) is 11.1. The number of fused-ring (bicyclic) bond motifs is 1. The van der Waals surface area contributed by atoms with Crippen LogP contribution in [0.3, 0.4) is 0 Å². The van der Waals surface area contributed by atoms with Crippen molar-refractivity contribution in [2.75, 3.05) is 32.8 Å². The second-order valence-corrected chi connectivity index (χ2v) is 12.2. The molecule has 252 valence electrons. The molecule has 1 saturated heterocycles. The second kappa shape index (κ2) is 16.6. The van der Waals surface area contributed by atoms with E-state index in [4.69, 9.17) is 4.74 Å². The van der Waals surface area contributed by atoms with Gasteiger partial charge in [-0.3, -0.25) is 28.8 Å². The Balaban J connectivity index is 1.64. The van der Waals surface area contributed by atoms with Crippen LogP contribution in [0, 0.1) is 5.92 Å². The fourth-order valence-corrected chi connectivity index (χ4v) is 5.46. The Labute approximate surface area is 274 Å². The third kappa shape index (κ3) is 10.0. The van der Waals surface area contributed by atoms with Gasteiger partial charge in [-0.15, -0.1) is 0 Å². The summed E-state index contributed by atoms with van der Waals surface area (Å²) in [5.41, 5.74) is 0.888. The van der Waals surface area contributed by atoms with Crippen molar-refractivity contribution in [2.45, 2.75) is 64.7 Å². The molecule has 3 atom stereocenters. The molecule has 0 unspecified atom stereocenters. The van der Waals surface area contributed by atoms with Crippen molar-refractivity contribution >= 4 is 35.4 Å². The number of rotatable bonds is 7. The Kier molecular flexibility index (Phi) is 12.3. The van der Waals surface area contributed by atoms with E-state index in [9.17, 15) is 28.8 Å². The molecule has 4 rings (SSSR count). The number of nitrogens with one attached hydrogen (secondary N) is 4. The Bertz CT molecular complexity index is 1450. The Hall–Kier alpha value is -4.94. The van der Waals surface area contributed by atoms with Crippen molar-refractivity contribution < 1.29 is 33.5 Å². The summed E-state index contributed by atoms with van der Waals surface area (Å²) in [7, 11) is 0. The van der Waals surface area contributed by atoms with Crippen LogP contribution in [-0.2, 0) is 30.5 Å². The quantitative estimate of drug-likeness (QED) is 0.347. The Morgan fingerprint density at radius 1 is 0.936 bits per heavy atom. The topological polar surface area (TPSA) is 166 Å². The van der Waals surface area contributed by atoms with Crippen LogP contribution in [-0.4, -0.2) is 96.2 Å². The summed E-state index contributed by atoms with van der Waals surface area (Å²) >= 11 is 0. The van der Waals surface area contributed by atoms with E-state index >= 15 is 0 Å². The van der Waals surface area contributed by atoms with Gasteiger partial charge in [0.2, 0.25) is 29.5 Å². The zero-order chi connectivity index (χ0) is 33.9. The third-order valence-electron chi connectivity index (χ3n) is 8.03. The fourth-order valence-electron chi connectivity index (χ4n) is 5.46. The van der Waals surface area contributed by atoms with Crippen molar-refractivity contribution in [3.63, 3.8) is 0 Å². The van der Waals surface area contributed by atoms with Crippen LogP contribution >= 0.6 is 0 Å². The van der Waals surface area contributed by atoms with Crippen molar-refractivity contribution in [1.29, 1.82) is 0 Å². The standard InChI is InChI=1S/C34H44N6O7/c1-22(2)31-34(46)36-23(3)21-47-27-13-8-7-12-25(27)32(44)37-26(33(45)35-15-17-39-16-9-14-29(39)42)18-30(43)40(20-28(41)38-31)19-24-10-5-4-6-11-24/h4-8,10-13,22-23,26,31H,9,14-21H2,1-3H3,(H,35,45)(H,36,46)(H,37,44)(H,38,41)/t23-,26-,31+/m0/s1. The largest absolute Gasteiger partial charge is 0.491 e. The van der Waals surface area contributed by atoms with Crippen molar-refractivity contribution in [1.82, 2.24) is 31.1 Å². The summed E-state index contributed by atoms with van der Waals surface area (Å²) in [6.07, 6.45) is 0.774. The van der Waals surface area contributed by atoms with Gasteiger partial charge in [0.15, 0.2) is 0 Å². The molecule has 0 bridgehead atoms. The third-order valence-corrected chi connectivity index (χ3v) is 8.03. The monoisotopic (exact) mass is 648 g/mol. The summed E-state index contributed by atoms with van der Waals surface area (Å²) in [6.45, 7) is 6.09. The van der Waals surface area contributed by atoms with E-state index in [0.717, 1.165) is 12.0 Å². The number of hydrogen-bond donors (Lipinski definition) is 4. The highest BCUT2D eigenvalue weighted by Crippen LogP contribution is 2.19. The molecule has 2 aromatic rings. The fraction of sp³-hybridized carbons (Fsp3) is 0.471. The van der Waals surface area contributed by atoms with Crippen LogP contribution in [0.15, 0.2) is 54.6 Å². The minimum absolute atomic E-state index is 0.0144. The number of ether oxygens (including phenoxy) is 1. The second-order valence-electron chi connectivity index (χ2n) is 12.2. The molecule has 4 N–H and O–H groups in total. The molecular weight excluding hydrogens is 604 g/mol. The van der Waals surface area contributed by atoms with Gasteiger partial charge < -0.3 is 35.8 Å². The van der Waals surface area contributed by atoms with Crippen molar-refractivity contribution in [3.8, 4) is 5.75 Å². The van der Waals surface area contributed by atoms with E-state index in [1.165, 1.54) is 11.0 Å².